The van der Waals surface area contributed by atoms with Gasteiger partial charge in [-0.1, -0.05) is 6.42 Å². The molecule has 0 amide bonds. The molecule has 0 fully saturated rings. The van der Waals surface area contributed by atoms with Crippen LogP contribution in [0.25, 0.3) is 0 Å². The molecule has 4 heteroatoms. The molecule has 1 N–H and O–H groups in total. The van der Waals surface area contributed by atoms with Crippen LogP contribution in [0.4, 0.5) is 0 Å². The molecule has 0 aliphatic carbocycles. The van der Waals surface area contributed by atoms with Gasteiger partial charge in [0.15, 0.2) is 0 Å². The maximum atomic E-state index is 8.99. The van der Waals surface area contributed by atoms with Gasteiger partial charge >= 0.3 is 0 Å². The van der Waals surface area contributed by atoms with Crippen molar-refractivity contribution in [3.63, 3.8) is 0 Å². The number of hydrogen-bond acceptors (Lipinski definition) is 3. The van der Waals surface area contributed by atoms with E-state index in [1.54, 1.807) is 0 Å². The van der Waals surface area contributed by atoms with Gasteiger partial charge in [-0.25, -0.2) is 4.98 Å². The average Bonchev–Trinajstić information content (AvgIpc) is 2.79. The lowest BCUT2D eigenvalue weighted by molar-refractivity contribution is 0.400. The number of nitriles is 1. The molecule has 0 unspecified atom stereocenters. The molecule has 1 heterocycles. The predicted molar refractivity (Wildman–Crippen MR) is 82.1 cm³/mol. The molecule has 0 aromatic carbocycles. The van der Waals surface area contributed by atoms with E-state index >= 15 is 0 Å². The summed E-state index contributed by atoms with van der Waals surface area (Å²) in [4.78, 5) is 4.41. The van der Waals surface area contributed by atoms with E-state index in [1.165, 1.54) is 0 Å². The molecular formula is C16H28N4. The van der Waals surface area contributed by atoms with Gasteiger partial charge in [-0.3, -0.25) is 0 Å². The largest absolute Gasteiger partial charge is 0.334 e. The molecule has 0 saturated heterocycles. The topological polar surface area (TPSA) is 53.6 Å². The van der Waals surface area contributed by atoms with E-state index < -0.39 is 0 Å². The first-order valence-corrected chi connectivity index (χ1v) is 7.40. The van der Waals surface area contributed by atoms with Crippen molar-refractivity contribution in [1.82, 2.24) is 14.9 Å². The second-order valence-electron chi connectivity index (χ2n) is 7.09. The highest BCUT2D eigenvalue weighted by molar-refractivity contribution is 4.94. The second-order valence-corrected chi connectivity index (χ2v) is 7.09. The first-order chi connectivity index (χ1) is 9.23. The Balaban J connectivity index is 2.38. The molecule has 0 radical (unpaired) electrons. The monoisotopic (exact) mass is 276 g/mol. The minimum atomic E-state index is -0.203. The molecule has 0 spiro atoms. The molecule has 0 bridgehead atoms. The van der Waals surface area contributed by atoms with Gasteiger partial charge in [-0.15, -0.1) is 0 Å². The number of aromatic nitrogens is 2. The fourth-order valence-electron chi connectivity index (χ4n) is 1.96. The number of rotatable bonds is 7. The molecule has 1 rings (SSSR count). The van der Waals surface area contributed by atoms with Crippen LogP contribution in [0, 0.1) is 16.7 Å². The van der Waals surface area contributed by atoms with Crippen LogP contribution in [0.1, 0.15) is 59.7 Å². The maximum absolute atomic E-state index is 8.99. The first kappa shape index (κ1) is 16.7. The number of imidazole rings is 1. The van der Waals surface area contributed by atoms with Crippen LogP contribution in [-0.4, -0.2) is 15.1 Å². The Labute approximate surface area is 123 Å². The van der Waals surface area contributed by atoms with E-state index in [-0.39, 0.29) is 11.0 Å². The summed E-state index contributed by atoms with van der Waals surface area (Å²) in [5.74, 6) is 1.08. The highest BCUT2D eigenvalue weighted by Gasteiger charge is 2.15. The minimum absolute atomic E-state index is 0.105. The summed E-state index contributed by atoms with van der Waals surface area (Å²) in [6.07, 6.45) is 7.01. The molecule has 20 heavy (non-hydrogen) atoms. The zero-order chi connectivity index (χ0) is 15.2. The Morgan fingerprint density at radius 1 is 1.25 bits per heavy atom. The van der Waals surface area contributed by atoms with E-state index in [0.29, 0.717) is 0 Å². The molecule has 112 valence electrons. The second kappa shape index (κ2) is 6.90. The normalized spacial score (nSPS) is 12.4. The van der Waals surface area contributed by atoms with Crippen LogP contribution in [0.3, 0.4) is 0 Å². The van der Waals surface area contributed by atoms with E-state index in [9.17, 15) is 0 Å². The fraction of sp³-hybridized carbons (Fsp3) is 0.750. The van der Waals surface area contributed by atoms with Crippen LogP contribution < -0.4 is 5.32 Å². The summed E-state index contributed by atoms with van der Waals surface area (Å²) in [6.45, 7) is 12.2. The third-order valence-corrected chi connectivity index (χ3v) is 3.33. The molecule has 0 aliphatic rings. The lowest BCUT2D eigenvalue weighted by Crippen LogP contribution is -2.35. The first-order valence-electron chi connectivity index (χ1n) is 7.40. The van der Waals surface area contributed by atoms with Crippen molar-refractivity contribution in [2.45, 2.75) is 72.5 Å². The Bertz CT molecular complexity index is 446. The summed E-state index contributed by atoms with van der Waals surface area (Å²) >= 11 is 0. The SMILES string of the molecule is CC(C)(C#N)CCCCn1ccnc1CNC(C)(C)C. The summed E-state index contributed by atoms with van der Waals surface area (Å²) in [7, 11) is 0. The van der Waals surface area contributed by atoms with Crippen LogP contribution in [-0.2, 0) is 13.1 Å². The van der Waals surface area contributed by atoms with Gasteiger partial charge in [0.05, 0.1) is 18.0 Å². The summed E-state index contributed by atoms with van der Waals surface area (Å²) in [5.41, 5.74) is -0.0981. The van der Waals surface area contributed by atoms with Gasteiger partial charge in [0.1, 0.15) is 5.82 Å². The molecule has 4 nitrogen and oxygen atoms in total. The van der Waals surface area contributed by atoms with Gasteiger partial charge in [-0.2, -0.15) is 5.26 Å². The van der Waals surface area contributed by atoms with Gasteiger partial charge < -0.3 is 9.88 Å². The van der Waals surface area contributed by atoms with Crippen LogP contribution in [0.5, 0.6) is 0 Å². The van der Waals surface area contributed by atoms with Crippen molar-refractivity contribution in [2.75, 3.05) is 0 Å². The maximum Gasteiger partial charge on any atom is 0.122 e. The van der Waals surface area contributed by atoms with Crippen LogP contribution in [0.15, 0.2) is 12.4 Å². The zero-order valence-electron chi connectivity index (χ0n) is 13.5. The van der Waals surface area contributed by atoms with Gasteiger partial charge in [0.2, 0.25) is 0 Å². The fourth-order valence-corrected chi connectivity index (χ4v) is 1.96. The summed E-state index contributed by atoms with van der Waals surface area (Å²) < 4.78 is 2.21. The van der Waals surface area contributed by atoms with Gasteiger partial charge in [-0.05, 0) is 47.5 Å². The Kier molecular flexibility index (Phi) is 5.76. The molecule has 0 saturated carbocycles. The zero-order valence-corrected chi connectivity index (χ0v) is 13.5. The van der Waals surface area contributed by atoms with Crippen molar-refractivity contribution in [3.05, 3.63) is 18.2 Å². The predicted octanol–water partition coefficient (Wildman–Crippen LogP) is 3.49. The quantitative estimate of drug-likeness (QED) is 0.776. The van der Waals surface area contributed by atoms with E-state index in [1.807, 2.05) is 26.2 Å². The Morgan fingerprint density at radius 2 is 1.95 bits per heavy atom. The number of nitrogens with zero attached hydrogens (tertiary/aromatic N) is 3. The number of nitrogens with one attached hydrogen (secondary N) is 1. The highest BCUT2D eigenvalue weighted by Crippen LogP contribution is 2.21. The highest BCUT2D eigenvalue weighted by atomic mass is 15.1. The van der Waals surface area contributed by atoms with Crippen molar-refractivity contribution >= 4 is 0 Å². The molecular weight excluding hydrogens is 248 g/mol. The van der Waals surface area contributed by atoms with Crippen LogP contribution >= 0.6 is 0 Å². The lowest BCUT2D eigenvalue weighted by atomic mass is 9.89. The molecule has 1 aromatic heterocycles. The number of aryl methyl sites for hydroxylation is 1. The number of unbranched alkanes of at least 4 members (excludes halogenated alkanes) is 1. The Hall–Kier alpha value is -1.34. The molecule has 0 atom stereocenters. The standard InChI is InChI=1S/C16H28N4/c1-15(2,3)19-12-14-18-9-11-20(14)10-7-6-8-16(4,5)13-17/h9,11,19H,6-8,10,12H2,1-5H3. The van der Waals surface area contributed by atoms with E-state index in [2.05, 4.69) is 41.7 Å². The third-order valence-electron chi connectivity index (χ3n) is 3.33. The minimum Gasteiger partial charge on any atom is -0.334 e. The van der Waals surface area contributed by atoms with Gasteiger partial charge in [0.25, 0.3) is 0 Å². The van der Waals surface area contributed by atoms with Crippen LogP contribution in [0.2, 0.25) is 0 Å². The van der Waals surface area contributed by atoms with Gasteiger partial charge in [0, 0.05) is 24.5 Å². The number of hydrogen-bond donors (Lipinski definition) is 1. The summed E-state index contributed by atoms with van der Waals surface area (Å²) in [5, 5.41) is 12.5. The average molecular weight is 276 g/mol. The third kappa shape index (κ3) is 6.21. The molecule has 0 aliphatic heterocycles. The van der Waals surface area contributed by atoms with Crippen molar-refractivity contribution < 1.29 is 0 Å². The van der Waals surface area contributed by atoms with Crippen molar-refractivity contribution in [3.8, 4) is 6.07 Å². The van der Waals surface area contributed by atoms with Crippen molar-refractivity contribution in [2.24, 2.45) is 5.41 Å². The lowest BCUT2D eigenvalue weighted by Gasteiger charge is -2.20. The van der Waals surface area contributed by atoms with Crippen molar-refractivity contribution in [1.29, 1.82) is 5.26 Å². The smallest absolute Gasteiger partial charge is 0.122 e. The van der Waals surface area contributed by atoms with E-state index in [4.69, 9.17) is 5.26 Å². The van der Waals surface area contributed by atoms with E-state index in [0.717, 1.165) is 38.2 Å². The Morgan fingerprint density at radius 3 is 2.55 bits per heavy atom. The molecule has 1 aromatic rings. The summed E-state index contributed by atoms with van der Waals surface area (Å²) in [6, 6.07) is 2.35.